The molecule has 9 heteroatoms. The van der Waals surface area contributed by atoms with E-state index in [2.05, 4.69) is 22.1 Å². The van der Waals surface area contributed by atoms with Crippen LogP contribution in [-0.2, 0) is 11.3 Å². The molecule has 5 aromatic rings. The molecule has 1 N–H and O–H groups in total. The maximum absolute atomic E-state index is 12.6. The summed E-state index contributed by atoms with van der Waals surface area (Å²) >= 11 is 7.42. The first-order valence-electron chi connectivity index (χ1n) is 11.8. The third-order valence-corrected chi connectivity index (χ3v) is 7.05. The van der Waals surface area contributed by atoms with Crippen LogP contribution in [-0.4, -0.2) is 38.5 Å². The topological polar surface area (TPSA) is 81.9 Å². The van der Waals surface area contributed by atoms with Crippen LogP contribution in [0.5, 0.6) is 5.75 Å². The van der Waals surface area contributed by atoms with Gasteiger partial charge in [0.1, 0.15) is 5.75 Å². The van der Waals surface area contributed by atoms with Crippen LogP contribution >= 0.6 is 23.4 Å². The second-order valence-corrected chi connectivity index (χ2v) is 9.73. The zero-order chi connectivity index (χ0) is 26.5. The number of rotatable bonds is 9. The van der Waals surface area contributed by atoms with E-state index in [-0.39, 0.29) is 11.7 Å². The van der Waals surface area contributed by atoms with Gasteiger partial charge in [0, 0.05) is 33.8 Å². The first kappa shape index (κ1) is 25.5. The Bertz CT molecular complexity index is 1600. The quantitative estimate of drug-likeness (QED) is 0.164. The van der Waals surface area contributed by atoms with E-state index in [4.69, 9.17) is 21.3 Å². The number of halogens is 1. The molecule has 3 aromatic carbocycles. The summed E-state index contributed by atoms with van der Waals surface area (Å²) in [6.45, 7) is 4.40. The molecule has 0 saturated heterocycles. The molecule has 0 aliphatic carbocycles. The Morgan fingerprint density at radius 2 is 1.84 bits per heavy atom. The van der Waals surface area contributed by atoms with Crippen molar-refractivity contribution in [2.24, 2.45) is 0 Å². The second kappa shape index (κ2) is 11.5. The van der Waals surface area contributed by atoms with E-state index in [0.717, 1.165) is 33.5 Å². The van der Waals surface area contributed by atoms with Crippen molar-refractivity contribution >= 4 is 45.9 Å². The lowest BCUT2D eigenvalue weighted by molar-refractivity contribution is -0.113. The van der Waals surface area contributed by atoms with Gasteiger partial charge in [0.2, 0.25) is 5.91 Å². The monoisotopic (exact) mass is 541 g/mol. The van der Waals surface area contributed by atoms with Crippen LogP contribution in [0.15, 0.2) is 96.7 Å². The number of hydrogen-bond acceptors (Lipinski definition) is 6. The summed E-state index contributed by atoms with van der Waals surface area (Å²) in [6, 6.07) is 24.7. The molecule has 0 radical (unpaired) electrons. The molecule has 0 aliphatic rings. The summed E-state index contributed by atoms with van der Waals surface area (Å²) in [5, 5.41) is 14.1. The molecule has 0 saturated carbocycles. The zero-order valence-corrected chi connectivity index (χ0v) is 22.2. The average molecular weight is 542 g/mol. The number of fused-ring (bicyclic) bond motifs is 1. The van der Waals surface area contributed by atoms with Gasteiger partial charge in [0.05, 0.1) is 24.1 Å². The van der Waals surface area contributed by atoms with E-state index < -0.39 is 0 Å². The number of para-hydroxylation sites is 1. The van der Waals surface area contributed by atoms with Crippen LogP contribution in [0.4, 0.5) is 5.69 Å². The fourth-order valence-corrected chi connectivity index (χ4v) is 4.89. The number of pyridine rings is 1. The van der Waals surface area contributed by atoms with Gasteiger partial charge in [-0.15, -0.1) is 16.8 Å². The number of hydrogen-bond donors (Lipinski definition) is 1. The van der Waals surface area contributed by atoms with E-state index in [9.17, 15) is 4.79 Å². The Labute approximate surface area is 229 Å². The van der Waals surface area contributed by atoms with Gasteiger partial charge in [-0.2, -0.15) is 0 Å². The van der Waals surface area contributed by atoms with Gasteiger partial charge in [-0.25, -0.2) is 4.98 Å². The number of nitrogens with zero attached hydrogens (tertiary/aromatic N) is 4. The average Bonchev–Trinajstić information content (AvgIpc) is 3.34. The maximum Gasteiger partial charge on any atom is 0.234 e. The van der Waals surface area contributed by atoms with Crippen LogP contribution in [0.25, 0.3) is 33.5 Å². The molecule has 5 rings (SSSR count). The molecule has 0 unspecified atom stereocenters. The predicted molar refractivity (Wildman–Crippen MR) is 154 cm³/mol. The second-order valence-electron chi connectivity index (χ2n) is 8.35. The minimum absolute atomic E-state index is 0.144. The number of nitrogens with one attached hydrogen (secondary N) is 1. The van der Waals surface area contributed by atoms with Crippen molar-refractivity contribution in [1.29, 1.82) is 0 Å². The molecule has 0 spiro atoms. The summed E-state index contributed by atoms with van der Waals surface area (Å²) in [4.78, 5) is 17.5. The lowest BCUT2D eigenvalue weighted by atomic mass is 10.0. The minimum Gasteiger partial charge on any atom is -0.497 e. The first-order valence-corrected chi connectivity index (χ1v) is 13.2. The SMILES string of the molecule is C=CCn1c(SCC(=O)Nc2ccc(OC)cc2)nnc1-c1cc(-c2ccc(Cl)cc2)nc2ccccc12. The summed E-state index contributed by atoms with van der Waals surface area (Å²) in [5.74, 6) is 1.44. The van der Waals surface area contributed by atoms with Gasteiger partial charge in [0.25, 0.3) is 0 Å². The summed E-state index contributed by atoms with van der Waals surface area (Å²) in [5.41, 5.74) is 4.18. The molecule has 0 bridgehead atoms. The van der Waals surface area contributed by atoms with Gasteiger partial charge in [-0.05, 0) is 48.5 Å². The largest absolute Gasteiger partial charge is 0.497 e. The summed E-state index contributed by atoms with van der Waals surface area (Å²) in [6.07, 6.45) is 1.79. The standard InChI is InChI=1S/C29H24ClN5O2S/c1-3-16-35-28(33-34-29(35)38-18-27(36)31-21-12-14-22(37-2)15-13-21)24-17-26(19-8-10-20(30)11-9-19)32-25-7-5-4-6-23(24)25/h3-15,17H,1,16,18H2,2H3,(H,31,36). The van der Waals surface area contributed by atoms with E-state index in [1.807, 2.05) is 59.2 Å². The van der Waals surface area contributed by atoms with Gasteiger partial charge in [-0.1, -0.05) is 59.8 Å². The Morgan fingerprint density at radius 1 is 1.08 bits per heavy atom. The maximum atomic E-state index is 12.6. The van der Waals surface area contributed by atoms with E-state index in [1.165, 1.54) is 11.8 Å². The van der Waals surface area contributed by atoms with Gasteiger partial charge in [-0.3, -0.25) is 9.36 Å². The molecule has 2 heterocycles. The predicted octanol–water partition coefficient (Wildman–Crippen LogP) is 6.74. The lowest BCUT2D eigenvalue weighted by Crippen LogP contribution is -2.14. The zero-order valence-electron chi connectivity index (χ0n) is 20.6. The lowest BCUT2D eigenvalue weighted by Gasteiger charge is -2.12. The highest BCUT2D eigenvalue weighted by Crippen LogP contribution is 2.33. The number of thioether (sulfide) groups is 1. The first-order chi connectivity index (χ1) is 18.6. The Morgan fingerprint density at radius 3 is 2.58 bits per heavy atom. The third kappa shape index (κ3) is 5.56. The number of benzene rings is 3. The molecular formula is C29H24ClN5O2S. The van der Waals surface area contributed by atoms with Gasteiger partial charge in [0.15, 0.2) is 11.0 Å². The van der Waals surface area contributed by atoms with Crippen molar-refractivity contribution in [2.75, 3.05) is 18.2 Å². The Balaban J connectivity index is 1.45. The van der Waals surface area contributed by atoms with Crippen molar-refractivity contribution < 1.29 is 9.53 Å². The highest BCUT2D eigenvalue weighted by molar-refractivity contribution is 7.99. The normalized spacial score (nSPS) is 10.9. The highest BCUT2D eigenvalue weighted by atomic mass is 35.5. The van der Waals surface area contributed by atoms with E-state index in [1.54, 1.807) is 37.5 Å². The number of amides is 1. The molecule has 38 heavy (non-hydrogen) atoms. The van der Waals surface area contributed by atoms with Crippen molar-refractivity contribution in [3.05, 3.63) is 96.5 Å². The van der Waals surface area contributed by atoms with Crippen LogP contribution in [0.1, 0.15) is 0 Å². The van der Waals surface area contributed by atoms with Crippen molar-refractivity contribution in [2.45, 2.75) is 11.7 Å². The molecule has 1 amide bonds. The number of allylic oxidation sites excluding steroid dienone is 1. The number of carbonyl (C=O) groups excluding carboxylic acids is 1. The van der Waals surface area contributed by atoms with Crippen molar-refractivity contribution in [1.82, 2.24) is 19.7 Å². The van der Waals surface area contributed by atoms with Crippen LogP contribution in [0.2, 0.25) is 5.02 Å². The van der Waals surface area contributed by atoms with E-state index in [0.29, 0.717) is 28.2 Å². The number of carbonyl (C=O) groups is 1. The Hall–Kier alpha value is -4.14. The smallest absolute Gasteiger partial charge is 0.234 e. The highest BCUT2D eigenvalue weighted by Gasteiger charge is 2.19. The number of methoxy groups -OCH3 is 1. The Kier molecular flexibility index (Phi) is 7.72. The van der Waals surface area contributed by atoms with Crippen LogP contribution in [0.3, 0.4) is 0 Å². The van der Waals surface area contributed by atoms with Crippen LogP contribution in [0, 0.1) is 0 Å². The third-order valence-electron chi connectivity index (χ3n) is 5.83. The van der Waals surface area contributed by atoms with Gasteiger partial charge < -0.3 is 10.1 Å². The fraction of sp³-hybridized carbons (Fsp3) is 0.103. The number of ether oxygens (including phenoxy) is 1. The van der Waals surface area contributed by atoms with Crippen molar-refractivity contribution in [3.8, 4) is 28.4 Å². The minimum atomic E-state index is -0.144. The van der Waals surface area contributed by atoms with Crippen LogP contribution < -0.4 is 10.1 Å². The fourth-order valence-electron chi connectivity index (χ4n) is 4.02. The summed E-state index contributed by atoms with van der Waals surface area (Å²) < 4.78 is 7.13. The molecule has 0 aliphatic heterocycles. The molecule has 0 fully saturated rings. The molecule has 190 valence electrons. The summed E-state index contributed by atoms with van der Waals surface area (Å²) in [7, 11) is 1.60. The number of anilines is 1. The van der Waals surface area contributed by atoms with Crippen molar-refractivity contribution in [3.63, 3.8) is 0 Å². The molecular weight excluding hydrogens is 518 g/mol. The molecule has 2 aromatic heterocycles. The molecule has 0 atom stereocenters. The molecule has 7 nitrogen and oxygen atoms in total. The van der Waals surface area contributed by atoms with Gasteiger partial charge >= 0.3 is 0 Å². The number of aromatic nitrogens is 4. The van der Waals surface area contributed by atoms with E-state index >= 15 is 0 Å².